The molecule has 0 aliphatic carbocycles. The summed E-state index contributed by atoms with van der Waals surface area (Å²) in [6.07, 6.45) is 0. The van der Waals surface area contributed by atoms with Crippen molar-refractivity contribution in [3.63, 3.8) is 0 Å². The zero-order chi connectivity index (χ0) is 36.7. The van der Waals surface area contributed by atoms with Gasteiger partial charge in [0.15, 0.2) is 0 Å². The van der Waals surface area contributed by atoms with Gasteiger partial charge >= 0.3 is 92.1 Å². The molecule has 0 aliphatic heterocycles. The average Bonchev–Trinajstić information content (AvgIpc) is 3.00. The van der Waals surface area contributed by atoms with Gasteiger partial charge in [-0.3, -0.25) is 0 Å². The number of hydrogen-bond acceptors (Lipinski definition) is 20. The molecular formula is C18H50N18Na2Ni2O2S6-2. The summed E-state index contributed by atoms with van der Waals surface area (Å²) in [5.74, 6) is 0. The van der Waals surface area contributed by atoms with Crippen molar-refractivity contribution in [3.8, 4) is 0 Å². The summed E-state index contributed by atoms with van der Waals surface area (Å²) in [5, 5.41) is 50.8. The third-order valence-electron chi connectivity index (χ3n) is 1.00. The molecule has 0 aliphatic rings. The molecule has 20 nitrogen and oxygen atoms in total. The number of nitrogens with zero attached hydrogens (tertiary/aromatic N) is 6. The first kappa shape index (κ1) is 117. The molecule has 0 fully saturated rings. The van der Waals surface area contributed by atoms with E-state index in [4.69, 9.17) is 101 Å². The fraction of sp³-hybridized carbons (Fsp3) is 0.667. The fourth-order valence-electron chi connectivity index (χ4n) is 0. The van der Waals surface area contributed by atoms with Gasteiger partial charge in [-0.15, -0.1) is 0 Å². The molecule has 0 saturated heterocycles. The zero-order valence-electron chi connectivity index (χ0n) is 27.1. The van der Waals surface area contributed by atoms with Gasteiger partial charge in [0.2, 0.25) is 0 Å². The molecular weight excluding hydrogens is 856 g/mol. The average molecular weight is 906 g/mol. The van der Waals surface area contributed by atoms with Crippen LogP contribution in [0.15, 0.2) is 0 Å². The van der Waals surface area contributed by atoms with Crippen LogP contribution in [0.4, 0.5) is 0 Å². The Morgan fingerprint density at radius 1 is 0.271 bits per heavy atom. The summed E-state index contributed by atoms with van der Waals surface area (Å²) >= 11 is 22.2. The van der Waals surface area contributed by atoms with Crippen LogP contribution in [0.25, 0.3) is 32.5 Å². The summed E-state index contributed by atoms with van der Waals surface area (Å²) in [6, 6.07) is 0. The Morgan fingerprint density at radius 2 is 0.292 bits per heavy atom. The molecule has 0 radical (unpaired) electrons. The Bertz CT molecular complexity index is 437. The minimum absolute atomic E-state index is 0. The number of thiocarbonyl (C=S) groups is 6. The van der Waals surface area contributed by atoms with Crippen LogP contribution >= 0.6 is 73.3 Å². The maximum Gasteiger partial charge on any atom is 2.00 e. The Labute approximate surface area is 382 Å². The van der Waals surface area contributed by atoms with Gasteiger partial charge in [-0.1, -0.05) is 73.3 Å². The normalized spacial score (nSPS) is 4.75. The van der Waals surface area contributed by atoms with Crippen molar-refractivity contribution >= 4 is 104 Å². The molecule has 0 amide bonds. The molecule has 0 aromatic carbocycles. The summed E-state index contributed by atoms with van der Waals surface area (Å²) in [4.78, 5) is 0. The predicted molar refractivity (Wildman–Crippen MR) is 208 cm³/mol. The molecule has 0 heterocycles. The minimum atomic E-state index is 0. The number of isothiocyanates is 6. The SMILES string of the molecule is NCCN.NCCN.NCCN.NCCN.NCCN.NCCN.[N-]=C=S.[N-]=C=S.[N-]=C=S.[N-]=C=S.[N-]=C=S.[N-]=C=S.[Na+].[Na+].[Ni+2].[Ni+2].[OH-].[OH-]. The maximum atomic E-state index is 7.13. The first-order valence-corrected chi connectivity index (χ1v) is 12.9. The molecule has 30 heteroatoms. The van der Waals surface area contributed by atoms with Crippen LogP contribution in [0.5, 0.6) is 0 Å². The molecule has 0 rings (SSSR count). The molecule has 284 valence electrons. The van der Waals surface area contributed by atoms with Crippen LogP contribution in [0.2, 0.25) is 0 Å². The van der Waals surface area contributed by atoms with Gasteiger partial charge in [-0.25, -0.2) is 0 Å². The van der Waals surface area contributed by atoms with E-state index in [-0.39, 0.29) is 103 Å². The molecule has 26 N–H and O–H groups in total. The van der Waals surface area contributed by atoms with E-state index in [2.05, 4.69) is 73.3 Å². The zero-order valence-corrected chi connectivity index (χ0v) is 37.9. The standard InChI is InChI=1S/6C2H8N2.6CNS.2Na.2Ni.2H2O/c6*3-1-2-4;6*2-1-3;;;;;;/h6*1-4H2;;;;;;;;;;;2*1H2/q;;;;;;6*-1;2*+1;2*+2;;/p-2. The van der Waals surface area contributed by atoms with Crippen LogP contribution < -0.4 is 128 Å². The number of hydrogen-bond donors (Lipinski definition) is 12. The van der Waals surface area contributed by atoms with Gasteiger partial charge in [-0.05, 0) is 0 Å². The van der Waals surface area contributed by atoms with Crippen LogP contribution in [-0.4, -0.2) is 120 Å². The molecule has 0 aromatic heterocycles. The van der Waals surface area contributed by atoms with Crippen molar-refractivity contribution in [2.75, 3.05) is 78.5 Å². The molecule has 0 unspecified atom stereocenters. The van der Waals surface area contributed by atoms with E-state index in [0.717, 1.165) is 0 Å². The molecule has 0 bridgehead atoms. The Balaban J connectivity index is -0.0000000127. The smallest absolute Gasteiger partial charge is 0.870 e. The van der Waals surface area contributed by atoms with Gasteiger partial charge in [0.25, 0.3) is 0 Å². The fourth-order valence-corrected chi connectivity index (χ4v) is 0. The number of rotatable bonds is 6. The second-order valence-corrected chi connectivity index (χ2v) is 5.11. The summed E-state index contributed by atoms with van der Waals surface area (Å²) in [6.45, 7) is 7.17. The molecule has 0 atom stereocenters. The van der Waals surface area contributed by atoms with Gasteiger partial charge in [0.05, 0.1) is 0 Å². The van der Waals surface area contributed by atoms with Crippen LogP contribution in [-0.2, 0) is 33.0 Å². The van der Waals surface area contributed by atoms with Crippen LogP contribution in [0, 0.1) is 0 Å². The summed E-state index contributed by atoms with van der Waals surface area (Å²) in [7, 11) is 0. The largest absolute Gasteiger partial charge is 2.00 e. The summed E-state index contributed by atoms with van der Waals surface area (Å²) in [5.41, 5.74) is 58.8. The third kappa shape index (κ3) is 1930. The van der Waals surface area contributed by atoms with E-state index >= 15 is 0 Å². The van der Waals surface area contributed by atoms with E-state index in [0.29, 0.717) is 78.5 Å². The number of nitrogens with two attached hydrogens (primary N) is 12. The Morgan fingerprint density at radius 3 is 0.292 bits per heavy atom. The van der Waals surface area contributed by atoms with Crippen molar-refractivity contribution in [1.82, 2.24) is 0 Å². The van der Waals surface area contributed by atoms with Gasteiger partial charge < -0.3 is 112 Å². The van der Waals surface area contributed by atoms with Gasteiger partial charge in [-0.2, -0.15) is 31.0 Å². The topological polar surface area (TPSA) is 506 Å². The van der Waals surface area contributed by atoms with Gasteiger partial charge in [0.1, 0.15) is 0 Å². The molecule has 0 saturated carbocycles. The molecule has 48 heavy (non-hydrogen) atoms. The molecule has 0 aromatic rings. The minimum Gasteiger partial charge on any atom is -0.870 e. The Hall–Kier alpha value is 1.23. The van der Waals surface area contributed by atoms with E-state index < -0.39 is 0 Å². The van der Waals surface area contributed by atoms with E-state index in [1.165, 1.54) is 31.0 Å². The van der Waals surface area contributed by atoms with Gasteiger partial charge in [0, 0.05) is 78.5 Å². The predicted octanol–water partition coefficient (Wildman–Crippen LogP) is -8.98. The second-order valence-electron chi connectivity index (χ2n) is 4.01. The Kier molecular flexibility index (Phi) is 712. The first-order chi connectivity index (χ1) is 20.0. The van der Waals surface area contributed by atoms with Crippen molar-refractivity contribution in [3.05, 3.63) is 32.5 Å². The molecule has 0 spiro atoms. The third-order valence-corrected chi connectivity index (χ3v) is 1.00. The van der Waals surface area contributed by atoms with E-state index in [1.807, 2.05) is 0 Å². The van der Waals surface area contributed by atoms with E-state index in [1.54, 1.807) is 0 Å². The van der Waals surface area contributed by atoms with Crippen molar-refractivity contribution in [2.45, 2.75) is 0 Å². The quantitative estimate of drug-likeness (QED) is 0.0669. The van der Waals surface area contributed by atoms with Crippen molar-refractivity contribution in [2.24, 2.45) is 68.8 Å². The van der Waals surface area contributed by atoms with Crippen LogP contribution in [0.3, 0.4) is 0 Å². The van der Waals surface area contributed by atoms with Crippen molar-refractivity contribution in [1.29, 1.82) is 0 Å². The maximum absolute atomic E-state index is 7.13. The van der Waals surface area contributed by atoms with E-state index in [9.17, 15) is 0 Å². The second kappa shape index (κ2) is 291. The van der Waals surface area contributed by atoms with Crippen LogP contribution in [0.1, 0.15) is 0 Å². The first-order valence-electron chi connectivity index (χ1n) is 10.5. The monoisotopic (exact) mass is 904 g/mol. The summed E-state index contributed by atoms with van der Waals surface area (Å²) < 4.78 is 0. The van der Waals surface area contributed by atoms with Crippen molar-refractivity contribution < 1.29 is 103 Å².